The Hall–Kier alpha value is -2.94. The molecule has 3 N–H and O–H groups in total. The molecule has 0 aliphatic carbocycles. The van der Waals surface area contributed by atoms with Crippen LogP contribution >= 0.6 is 11.6 Å². The van der Waals surface area contributed by atoms with Crippen LogP contribution in [-0.2, 0) is 16.1 Å². The molecule has 2 aromatic carbocycles. The molecule has 0 radical (unpaired) electrons. The fourth-order valence-electron chi connectivity index (χ4n) is 4.27. The molecular formula is C24H26ClF3N4O2. The molecule has 4 rings (SSSR count). The summed E-state index contributed by atoms with van der Waals surface area (Å²) in [5, 5.41) is 9.21. The van der Waals surface area contributed by atoms with E-state index in [0.717, 1.165) is 22.6 Å². The third-order valence-corrected chi connectivity index (χ3v) is 6.69. The van der Waals surface area contributed by atoms with Crippen LogP contribution in [0.15, 0.2) is 42.5 Å². The van der Waals surface area contributed by atoms with Gasteiger partial charge in [-0.3, -0.25) is 9.59 Å². The van der Waals surface area contributed by atoms with Crippen molar-refractivity contribution in [1.82, 2.24) is 10.6 Å². The van der Waals surface area contributed by atoms with Crippen LogP contribution in [0.1, 0.15) is 24.8 Å². The first-order valence-electron chi connectivity index (χ1n) is 11.2. The van der Waals surface area contributed by atoms with Crippen LogP contribution in [0, 0.1) is 11.8 Å². The van der Waals surface area contributed by atoms with Gasteiger partial charge in [-0.1, -0.05) is 17.7 Å². The number of nitrogens with one attached hydrogen (secondary N) is 3. The van der Waals surface area contributed by atoms with Crippen molar-refractivity contribution in [3.8, 4) is 0 Å². The van der Waals surface area contributed by atoms with Crippen LogP contribution in [0.5, 0.6) is 0 Å². The van der Waals surface area contributed by atoms with E-state index in [9.17, 15) is 22.8 Å². The molecule has 2 heterocycles. The first-order valence-corrected chi connectivity index (χ1v) is 11.6. The second-order valence-electron chi connectivity index (χ2n) is 8.70. The Balaban J connectivity index is 1.29. The molecule has 182 valence electrons. The van der Waals surface area contributed by atoms with Crippen LogP contribution in [0.3, 0.4) is 0 Å². The third-order valence-electron chi connectivity index (χ3n) is 6.33. The lowest BCUT2D eigenvalue weighted by atomic mass is 9.96. The molecule has 1 unspecified atom stereocenters. The standard InChI is InChI=1S/C24H26ClF3N4O2/c25-21-12-19(2-1-15(21)13-30-23(34)16-11-22(33)29-14-16)31-18-3-5-20(6-4-18)32-9-7-17(8-10-32)24(26,27)28/h1-6,12,16-17,31H,7-11,13-14H2,(H,29,33)(H,30,34). The van der Waals surface area contributed by atoms with Gasteiger partial charge >= 0.3 is 6.18 Å². The average molecular weight is 495 g/mol. The second-order valence-corrected chi connectivity index (χ2v) is 9.11. The van der Waals surface area contributed by atoms with E-state index in [1.807, 2.05) is 41.3 Å². The molecule has 0 saturated carbocycles. The lowest BCUT2D eigenvalue weighted by molar-refractivity contribution is -0.179. The Morgan fingerprint density at radius 2 is 1.76 bits per heavy atom. The Kier molecular flexibility index (Phi) is 7.21. The van der Waals surface area contributed by atoms with Gasteiger partial charge in [0.25, 0.3) is 0 Å². The van der Waals surface area contributed by atoms with E-state index in [2.05, 4.69) is 16.0 Å². The Morgan fingerprint density at radius 3 is 2.35 bits per heavy atom. The summed E-state index contributed by atoms with van der Waals surface area (Å²) in [5.74, 6) is -1.87. The molecule has 6 nitrogen and oxygen atoms in total. The Labute approximate surface area is 200 Å². The number of alkyl halides is 3. The van der Waals surface area contributed by atoms with Gasteiger partial charge in [-0.2, -0.15) is 13.2 Å². The Morgan fingerprint density at radius 1 is 1.09 bits per heavy atom. The van der Waals surface area contributed by atoms with Crippen molar-refractivity contribution in [2.24, 2.45) is 11.8 Å². The number of piperidine rings is 1. The molecule has 2 saturated heterocycles. The number of anilines is 3. The number of hydrogen-bond donors (Lipinski definition) is 3. The normalized spacial score (nSPS) is 19.1. The number of halogens is 4. The lowest BCUT2D eigenvalue weighted by Gasteiger charge is -2.34. The van der Waals surface area contributed by atoms with Crippen LogP contribution < -0.4 is 20.9 Å². The predicted molar refractivity (Wildman–Crippen MR) is 125 cm³/mol. The van der Waals surface area contributed by atoms with E-state index in [1.165, 1.54) is 0 Å². The lowest BCUT2D eigenvalue weighted by Crippen LogP contribution is -2.38. The second kappa shape index (κ2) is 10.1. The molecule has 0 spiro atoms. The summed E-state index contributed by atoms with van der Waals surface area (Å²) in [6, 6.07) is 13.0. The minimum absolute atomic E-state index is 0.116. The van der Waals surface area contributed by atoms with Crippen molar-refractivity contribution in [3.63, 3.8) is 0 Å². The summed E-state index contributed by atoms with van der Waals surface area (Å²) in [7, 11) is 0. The van der Waals surface area contributed by atoms with Crippen molar-refractivity contribution >= 4 is 40.5 Å². The highest BCUT2D eigenvalue weighted by atomic mass is 35.5. The maximum atomic E-state index is 12.9. The first kappa shape index (κ1) is 24.2. The predicted octanol–water partition coefficient (Wildman–Crippen LogP) is 4.61. The number of benzene rings is 2. The molecule has 10 heteroatoms. The summed E-state index contributed by atoms with van der Waals surface area (Å²) < 4.78 is 38.6. The molecule has 1 atom stereocenters. The molecule has 2 fully saturated rings. The molecule has 0 bridgehead atoms. The van der Waals surface area contributed by atoms with Gasteiger partial charge in [0.15, 0.2) is 0 Å². The van der Waals surface area contributed by atoms with Crippen molar-refractivity contribution in [1.29, 1.82) is 0 Å². The number of nitrogens with zero attached hydrogens (tertiary/aromatic N) is 1. The van der Waals surface area contributed by atoms with Gasteiger partial charge in [-0.05, 0) is 54.8 Å². The highest BCUT2D eigenvalue weighted by Crippen LogP contribution is 2.35. The summed E-state index contributed by atoms with van der Waals surface area (Å²) in [5.41, 5.74) is 3.25. The molecule has 2 aromatic rings. The van der Waals surface area contributed by atoms with Gasteiger partial charge in [-0.15, -0.1) is 0 Å². The quantitative estimate of drug-likeness (QED) is 0.548. The van der Waals surface area contributed by atoms with Crippen molar-refractivity contribution < 1.29 is 22.8 Å². The van der Waals surface area contributed by atoms with Gasteiger partial charge in [0, 0.05) is 54.7 Å². The van der Waals surface area contributed by atoms with Gasteiger partial charge in [0.2, 0.25) is 11.8 Å². The van der Waals surface area contributed by atoms with E-state index in [4.69, 9.17) is 11.6 Å². The molecule has 2 aliphatic rings. The summed E-state index contributed by atoms with van der Waals surface area (Å²) >= 11 is 6.39. The van der Waals surface area contributed by atoms with Crippen molar-refractivity contribution in [2.45, 2.75) is 32.0 Å². The third kappa shape index (κ3) is 5.94. The number of hydrogen-bond acceptors (Lipinski definition) is 4. The molecule has 2 amide bonds. The molecular weight excluding hydrogens is 469 g/mol. The summed E-state index contributed by atoms with van der Waals surface area (Å²) in [6.45, 7) is 1.39. The molecule has 34 heavy (non-hydrogen) atoms. The Bertz CT molecular complexity index is 1040. The van der Waals surface area contributed by atoms with E-state index in [0.29, 0.717) is 24.7 Å². The molecule has 2 aliphatic heterocycles. The maximum absolute atomic E-state index is 12.9. The largest absolute Gasteiger partial charge is 0.391 e. The number of amides is 2. The van der Waals surface area contributed by atoms with Crippen molar-refractivity contribution in [2.75, 3.05) is 29.9 Å². The highest BCUT2D eigenvalue weighted by molar-refractivity contribution is 6.31. The fourth-order valence-corrected chi connectivity index (χ4v) is 4.52. The average Bonchev–Trinajstić information content (AvgIpc) is 3.25. The van der Waals surface area contributed by atoms with Crippen molar-refractivity contribution in [3.05, 3.63) is 53.1 Å². The van der Waals surface area contributed by atoms with Gasteiger partial charge in [0.1, 0.15) is 0 Å². The van der Waals surface area contributed by atoms with Crippen LogP contribution in [-0.4, -0.2) is 37.6 Å². The van der Waals surface area contributed by atoms with Gasteiger partial charge in [0.05, 0.1) is 11.8 Å². The first-order chi connectivity index (χ1) is 16.2. The van der Waals surface area contributed by atoms with E-state index < -0.39 is 12.1 Å². The highest BCUT2D eigenvalue weighted by Gasteiger charge is 2.41. The van der Waals surface area contributed by atoms with Crippen LogP contribution in [0.2, 0.25) is 5.02 Å². The summed E-state index contributed by atoms with van der Waals surface area (Å²) in [6.07, 6.45) is -3.68. The number of carbonyl (C=O) groups is 2. The minimum Gasteiger partial charge on any atom is -0.372 e. The zero-order valence-electron chi connectivity index (χ0n) is 18.4. The maximum Gasteiger partial charge on any atom is 0.391 e. The monoisotopic (exact) mass is 494 g/mol. The van der Waals surface area contributed by atoms with Gasteiger partial charge in [-0.25, -0.2) is 0 Å². The zero-order valence-corrected chi connectivity index (χ0v) is 19.2. The van der Waals surface area contributed by atoms with Gasteiger partial charge < -0.3 is 20.9 Å². The van der Waals surface area contributed by atoms with E-state index in [-0.39, 0.29) is 43.5 Å². The minimum atomic E-state index is -4.11. The van der Waals surface area contributed by atoms with Crippen LogP contribution in [0.4, 0.5) is 30.2 Å². The SMILES string of the molecule is O=C1CC(C(=O)NCc2ccc(Nc3ccc(N4CCC(C(F)(F)F)CC4)cc3)cc2Cl)CN1. The fraction of sp³-hybridized carbons (Fsp3) is 0.417. The van der Waals surface area contributed by atoms with E-state index >= 15 is 0 Å². The zero-order chi connectivity index (χ0) is 24.3. The number of carbonyl (C=O) groups excluding carboxylic acids is 2. The van der Waals surface area contributed by atoms with Crippen LogP contribution in [0.25, 0.3) is 0 Å². The smallest absolute Gasteiger partial charge is 0.372 e. The summed E-state index contributed by atoms with van der Waals surface area (Å²) in [4.78, 5) is 25.4. The van der Waals surface area contributed by atoms with E-state index in [1.54, 1.807) is 6.07 Å². The number of rotatable bonds is 6. The molecule has 0 aromatic heterocycles. The topological polar surface area (TPSA) is 73.5 Å².